The molecular formula is C13H9ClN2O2. The van der Waals surface area contributed by atoms with E-state index in [9.17, 15) is 4.79 Å². The molecule has 0 aliphatic carbocycles. The minimum absolute atomic E-state index is 0.0431. The molecule has 18 heavy (non-hydrogen) atoms. The van der Waals surface area contributed by atoms with Gasteiger partial charge in [-0.2, -0.15) is 5.26 Å². The van der Waals surface area contributed by atoms with Crippen molar-refractivity contribution in [3.63, 3.8) is 0 Å². The molecule has 1 N–H and O–H groups in total. The summed E-state index contributed by atoms with van der Waals surface area (Å²) in [5.74, 6) is -0.369. The smallest absolute Gasteiger partial charge is 0.260 e. The maximum atomic E-state index is 11.9. The van der Waals surface area contributed by atoms with Crippen LogP contribution in [-0.2, 0) is 0 Å². The van der Waals surface area contributed by atoms with Gasteiger partial charge in [0.2, 0.25) is 5.22 Å². The highest BCUT2D eigenvalue weighted by molar-refractivity contribution is 6.32. The molecule has 0 aliphatic heterocycles. The zero-order chi connectivity index (χ0) is 13.1. The van der Waals surface area contributed by atoms with Gasteiger partial charge in [-0.25, -0.2) is 0 Å². The molecule has 0 atom stereocenters. The Balaban J connectivity index is 2.27. The van der Waals surface area contributed by atoms with Gasteiger partial charge in [0.05, 0.1) is 23.5 Å². The predicted molar refractivity (Wildman–Crippen MR) is 67.6 cm³/mol. The van der Waals surface area contributed by atoms with E-state index in [-0.39, 0.29) is 16.7 Å². The van der Waals surface area contributed by atoms with Gasteiger partial charge in [0.25, 0.3) is 5.91 Å². The Bertz CT molecular complexity index is 641. The van der Waals surface area contributed by atoms with Crippen LogP contribution < -0.4 is 5.32 Å². The molecule has 90 valence electrons. The monoisotopic (exact) mass is 260 g/mol. The van der Waals surface area contributed by atoms with Gasteiger partial charge >= 0.3 is 0 Å². The van der Waals surface area contributed by atoms with Crippen molar-refractivity contribution in [2.45, 2.75) is 6.92 Å². The van der Waals surface area contributed by atoms with Crippen LogP contribution in [0.1, 0.15) is 21.5 Å². The maximum Gasteiger partial charge on any atom is 0.260 e. The van der Waals surface area contributed by atoms with Crippen LogP contribution in [-0.4, -0.2) is 5.91 Å². The zero-order valence-electron chi connectivity index (χ0n) is 9.53. The van der Waals surface area contributed by atoms with Crippen molar-refractivity contribution < 1.29 is 9.21 Å². The summed E-state index contributed by atoms with van der Waals surface area (Å²) in [5, 5.41) is 11.6. The topological polar surface area (TPSA) is 66.0 Å². The van der Waals surface area contributed by atoms with Gasteiger partial charge in [0.15, 0.2) is 0 Å². The van der Waals surface area contributed by atoms with Crippen molar-refractivity contribution in [2.75, 3.05) is 5.32 Å². The molecule has 0 saturated heterocycles. The third kappa shape index (κ3) is 2.36. The molecule has 0 unspecified atom stereocenters. The second-order valence-corrected chi connectivity index (χ2v) is 4.05. The molecule has 2 rings (SSSR count). The molecule has 1 aromatic carbocycles. The van der Waals surface area contributed by atoms with Gasteiger partial charge in [-0.3, -0.25) is 4.79 Å². The van der Waals surface area contributed by atoms with E-state index >= 15 is 0 Å². The number of rotatable bonds is 2. The number of carbonyl (C=O) groups is 1. The molecule has 1 aromatic heterocycles. The third-order valence-corrected chi connectivity index (χ3v) is 2.77. The van der Waals surface area contributed by atoms with Crippen LogP contribution in [0.4, 0.5) is 5.69 Å². The molecule has 2 aromatic rings. The van der Waals surface area contributed by atoms with Gasteiger partial charge < -0.3 is 9.73 Å². The van der Waals surface area contributed by atoms with Crippen LogP contribution in [0.5, 0.6) is 0 Å². The molecule has 1 heterocycles. The van der Waals surface area contributed by atoms with E-state index in [4.69, 9.17) is 21.3 Å². The molecule has 0 bridgehead atoms. The number of hydrogen-bond donors (Lipinski definition) is 1. The Kier molecular flexibility index (Phi) is 3.35. The van der Waals surface area contributed by atoms with Gasteiger partial charge in [-0.05, 0) is 42.3 Å². The summed E-state index contributed by atoms with van der Waals surface area (Å²) in [6.07, 6.45) is 1.34. The summed E-state index contributed by atoms with van der Waals surface area (Å²) in [5.41, 5.74) is 2.19. The number of furan rings is 1. The van der Waals surface area contributed by atoms with E-state index < -0.39 is 0 Å². The van der Waals surface area contributed by atoms with Crippen LogP contribution in [0.25, 0.3) is 0 Å². The number of amides is 1. The lowest BCUT2D eigenvalue weighted by Gasteiger charge is -2.07. The lowest BCUT2D eigenvalue weighted by Crippen LogP contribution is -2.12. The van der Waals surface area contributed by atoms with E-state index in [2.05, 4.69) is 5.32 Å². The fourth-order valence-electron chi connectivity index (χ4n) is 1.47. The SMILES string of the molecule is Cc1ccc(C#N)cc1NC(=O)c1ccoc1Cl. The number of halogens is 1. The first-order valence-electron chi connectivity index (χ1n) is 5.17. The predicted octanol–water partition coefficient (Wildman–Crippen LogP) is 3.37. The molecule has 0 saturated carbocycles. The molecule has 5 heteroatoms. The fourth-order valence-corrected chi connectivity index (χ4v) is 1.67. The number of anilines is 1. The van der Waals surface area contributed by atoms with Crippen molar-refractivity contribution in [1.82, 2.24) is 0 Å². The Morgan fingerprint density at radius 3 is 2.83 bits per heavy atom. The quantitative estimate of drug-likeness (QED) is 0.900. The van der Waals surface area contributed by atoms with Crippen molar-refractivity contribution in [2.24, 2.45) is 0 Å². The minimum Gasteiger partial charge on any atom is -0.452 e. The number of nitriles is 1. The Hall–Kier alpha value is -2.25. The van der Waals surface area contributed by atoms with E-state index in [0.717, 1.165) is 5.56 Å². The maximum absolute atomic E-state index is 11.9. The average molecular weight is 261 g/mol. The van der Waals surface area contributed by atoms with Gasteiger partial charge in [0.1, 0.15) is 0 Å². The summed E-state index contributed by atoms with van der Waals surface area (Å²) >= 11 is 5.72. The van der Waals surface area contributed by atoms with Crippen molar-refractivity contribution in [1.29, 1.82) is 5.26 Å². The Morgan fingerprint density at radius 1 is 1.44 bits per heavy atom. The summed E-state index contributed by atoms with van der Waals surface area (Å²) in [7, 11) is 0. The van der Waals surface area contributed by atoms with Crippen molar-refractivity contribution in [3.05, 3.63) is 52.4 Å². The Morgan fingerprint density at radius 2 is 2.22 bits per heavy atom. The highest BCUT2D eigenvalue weighted by Gasteiger charge is 2.14. The van der Waals surface area contributed by atoms with E-state index in [1.807, 2.05) is 13.0 Å². The summed E-state index contributed by atoms with van der Waals surface area (Å²) in [6, 6.07) is 8.58. The lowest BCUT2D eigenvalue weighted by atomic mass is 10.1. The standard InChI is InChI=1S/C13H9ClN2O2/c1-8-2-3-9(7-15)6-11(8)16-13(17)10-4-5-18-12(10)14/h2-6H,1H3,(H,16,17). The molecular weight excluding hydrogens is 252 g/mol. The number of aryl methyl sites for hydroxylation is 1. The number of carbonyl (C=O) groups excluding carboxylic acids is 1. The fraction of sp³-hybridized carbons (Fsp3) is 0.0769. The molecule has 1 amide bonds. The number of hydrogen-bond acceptors (Lipinski definition) is 3. The first kappa shape index (κ1) is 12.2. The summed E-state index contributed by atoms with van der Waals surface area (Å²) < 4.78 is 4.85. The van der Waals surface area contributed by atoms with Crippen LogP contribution >= 0.6 is 11.6 Å². The van der Waals surface area contributed by atoms with Gasteiger partial charge in [-0.15, -0.1) is 0 Å². The van der Waals surface area contributed by atoms with E-state index in [1.54, 1.807) is 18.2 Å². The largest absolute Gasteiger partial charge is 0.452 e. The van der Waals surface area contributed by atoms with Gasteiger partial charge in [-0.1, -0.05) is 6.07 Å². The van der Waals surface area contributed by atoms with Crippen LogP contribution in [0.2, 0.25) is 5.22 Å². The van der Waals surface area contributed by atoms with Crippen molar-refractivity contribution in [3.8, 4) is 6.07 Å². The van der Waals surface area contributed by atoms with Crippen molar-refractivity contribution >= 4 is 23.2 Å². The van der Waals surface area contributed by atoms with Crippen LogP contribution in [0, 0.1) is 18.3 Å². The summed E-state index contributed by atoms with van der Waals surface area (Å²) in [4.78, 5) is 11.9. The highest BCUT2D eigenvalue weighted by Crippen LogP contribution is 2.21. The van der Waals surface area contributed by atoms with Gasteiger partial charge in [0, 0.05) is 5.69 Å². The second-order valence-electron chi connectivity index (χ2n) is 3.70. The van der Waals surface area contributed by atoms with E-state index in [1.165, 1.54) is 12.3 Å². The molecule has 0 fully saturated rings. The van der Waals surface area contributed by atoms with E-state index in [0.29, 0.717) is 11.3 Å². The van der Waals surface area contributed by atoms with Crippen LogP contribution in [0.3, 0.4) is 0 Å². The third-order valence-electron chi connectivity index (χ3n) is 2.48. The summed E-state index contributed by atoms with van der Waals surface area (Å²) in [6.45, 7) is 1.84. The molecule has 4 nitrogen and oxygen atoms in total. The minimum atomic E-state index is -0.369. The highest BCUT2D eigenvalue weighted by atomic mass is 35.5. The van der Waals surface area contributed by atoms with Crippen LogP contribution in [0.15, 0.2) is 34.9 Å². The lowest BCUT2D eigenvalue weighted by molar-refractivity contribution is 0.102. The Labute approximate surface area is 109 Å². The normalized spacial score (nSPS) is 9.83. The molecule has 0 aliphatic rings. The number of benzene rings is 1. The molecule has 0 radical (unpaired) electrons. The second kappa shape index (κ2) is 4.94. The number of nitrogens with zero attached hydrogens (tertiary/aromatic N) is 1. The zero-order valence-corrected chi connectivity index (χ0v) is 10.3. The first-order chi connectivity index (χ1) is 8.61. The number of nitrogens with one attached hydrogen (secondary N) is 1. The first-order valence-corrected chi connectivity index (χ1v) is 5.54. The molecule has 0 spiro atoms. The average Bonchev–Trinajstić information content (AvgIpc) is 2.78.